The Kier molecular flexibility index (Phi) is 4.76. The van der Waals surface area contributed by atoms with Gasteiger partial charge in [-0.2, -0.15) is 0 Å². The van der Waals surface area contributed by atoms with E-state index in [9.17, 15) is 9.18 Å². The number of rotatable bonds is 5. The van der Waals surface area contributed by atoms with Crippen LogP contribution >= 0.6 is 0 Å². The highest BCUT2D eigenvalue weighted by Gasteiger charge is 2.40. The lowest BCUT2D eigenvalue weighted by Crippen LogP contribution is -2.38. The fourth-order valence-corrected chi connectivity index (χ4v) is 3.03. The van der Waals surface area contributed by atoms with Crippen LogP contribution in [0, 0.1) is 11.7 Å². The topological polar surface area (TPSA) is 76.8 Å². The largest absolute Gasteiger partial charge is 0.500 e. The van der Waals surface area contributed by atoms with Crippen molar-refractivity contribution >= 4 is 11.6 Å². The highest BCUT2D eigenvalue weighted by molar-refractivity contribution is 6.05. The van der Waals surface area contributed by atoms with Gasteiger partial charge in [-0.1, -0.05) is 12.2 Å². The molecular weight excluding hydrogens is 325 g/mol. The van der Waals surface area contributed by atoms with Gasteiger partial charge in [-0.25, -0.2) is 10.2 Å². The molecule has 25 heavy (non-hydrogen) atoms. The van der Waals surface area contributed by atoms with Gasteiger partial charge < -0.3 is 19.8 Å². The summed E-state index contributed by atoms with van der Waals surface area (Å²) < 4.78 is 24.8. The van der Waals surface area contributed by atoms with Crippen LogP contribution in [0.4, 0.5) is 10.1 Å². The summed E-state index contributed by atoms with van der Waals surface area (Å²) in [5, 5.41) is 4.05. The molecule has 0 aromatic heterocycles. The van der Waals surface area contributed by atoms with E-state index >= 15 is 0 Å². The molecule has 2 unspecified atom stereocenters. The Bertz CT molecular complexity index is 773. The van der Waals surface area contributed by atoms with Crippen LogP contribution in [-0.4, -0.2) is 30.7 Å². The van der Waals surface area contributed by atoms with Gasteiger partial charge in [-0.15, -0.1) is 0 Å². The van der Waals surface area contributed by atoms with Gasteiger partial charge in [0.25, 0.3) is 5.91 Å². The van der Waals surface area contributed by atoms with Gasteiger partial charge in [0.1, 0.15) is 17.3 Å². The summed E-state index contributed by atoms with van der Waals surface area (Å²) in [5.41, 5.74) is 0.494. The number of hydrogen-bond donors (Lipinski definition) is 2. The quantitative estimate of drug-likeness (QED) is 0.801. The third-order valence-corrected chi connectivity index (χ3v) is 4.18. The molecular formula is C18H20FN3O3. The lowest BCUT2D eigenvalue weighted by atomic mass is 9.88. The van der Waals surface area contributed by atoms with Crippen molar-refractivity contribution in [1.29, 1.82) is 0 Å². The summed E-state index contributed by atoms with van der Waals surface area (Å²) in [6.07, 6.45) is 7.07. The first kappa shape index (κ1) is 17.0. The van der Waals surface area contributed by atoms with Crippen LogP contribution in [-0.2, 0) is 9.53 Å². The van der Waals surface area contributed by atoms with Gasteiger partial charge in [0.05, 0.1) is 31.4 Å². The van der Waals surface area contributed by atoms with E-state index in [0.29, 0.717) is 23.7 Å². The summed E-state index contributed by atoms with van der Waals surface area (Å²) in [6, 6.07) is 4.11. The van der Waals surface area contributed by atoms with E-state index in [1.165, 1.54) is 17.1 Å². The molecule has 0 saturated carbocycles. The lowest BCUT2D eigenvalue weighted by Gasteiger charge is -2.27. The van der Waals surface area contributed by atoms with Crippen LogP contribution in [0.15, 0.2) is 54.0 Å². The van der Waals surface area contributed by atoms with Gasteiger partial charge in [0.2, 0.25) is 0 Å². The van der Waals surface area contributed by atoms with Gasteiger partial charge >= 0.3 is 0 Å². The van der Waals surface area contributed by atoms with Gasteiger partial charge in [0.15, 0.2) is 0 Å². The monoisotopic (exact) mass is 345 g/mol. The van der Waals surface area contributed by atoms with Crippen LogP contribution in [0.3, 0.4) is 0 Å². The number of allylic oxidation sites excluding steroid dienone is 2. The molecule has 1 amide bonds. The molecule has 2 atom stereocenters. The van der Waals surface area contributed by atoms with E-state index in [0.717, 1.165) is 0 Å². The van der Waals surface area contributed by atoms with Gasteiger partial charge in [-0.3, -0.25) is 4.79 Å². The van der Waals surface area contributed by atoms with Crippen molar-refractivity contribution in [1.82, 2.24) is 5.01 Å². The molecule has 1 heterocycles. The third-order valence-electron chi connectivity index (χ3n) is 4.18. The molecule has 0 saturated heterocycles. The van der Waals surface area contributed by atoms with E-state index in [1.54, 1.807) is 25.5 Å². The molecule has 0 radical (unpaired) electrons. The van der Waals surface area contributed by atoms with Crippen molar-refractivity contribution in [2.75, 3.05) is 19.0 Å². The number of carbonyl (C=O) groups excluding carboxylic acids is 1. The second-order valence-electron chi connectivity index (χ2n) is 5.69. The van der Waals surface area contributed by atoms with Crippen molar-refractivity contribution < 1.29 is 18.7 Å². The smallest absolute Gasteiger partial charge is 0.254 e. The Hall–Kier alpha value is -2.80. The van der Waals surface area contributed by atoms with E-state index in [4.69, 9.17) is 15.3 Å². The summed E-state index contributed by atoms with van der Waals surface area (Å²) in [4.78, 5) is 12.7. The maximum absolute atomic E-state index is 14.2. The number of methoxy groups -OCH3 is 1. The Morgan fingerprint density at radius 3 is 2.92 bits per heavy atom. The van der Waals surface area contributed by atoms with Crippen molar-refractivity contribution in [3.8, 4) is 5.75 Å². The molecule has 3 N–H and O–H groups in total. The Morgan fingerprint density at radius 1 is 1.44 bits per heavy atom. The second-order valence-corrected chi connectivity index (χ2v) is 5.69. The SMILES string of the molecule is CCOc1ccc(NC(=O)C2=CN(N)C3C=CC=C(OC)C23)c(F)c1. The third kappa shape index (κ3) is 3.23. The molecule has 1 aromatic rings. The first-order valence-corrected chi connectivity index (χ1v) is 7.96. The van der Waals surface area contributed by atoms with Crippen LogP contribution in [0.25, 0.3) is 0 Å². The summed E-state index contributed by atoms with van der Waals surface area (Å²) in [7, 11) is 1.54. The molecule has 1 aliphatic heterocycles. The van der Waals surface area contributed by atoms with Crippen LogP contribution in [0.5, 0.6) is 5.75 Å². The first-order chi connectivity index (χ1) is 12.0. The normalized spacial score (nSPS) is 21.4. The van der Waals surface area contributed by atoms with Crippen molar-refractivity contribution in [2.45, 2.75) is 13.0 Å². The second kappa shape index (κ2) is 6.98. The maximum atomic E-state index is 14.2. The van der Waals surface area contributed by atoms with Crippen molar-refractivity contribution in [3.63, 3.8) is 0 Å². The fraction of sp³-hybridized carbons (Fsp3) is 0.278. The Balaban J connectivity index is 1.80. The maximum Gasteiger partial charge on any atom is 0.254 e. The average molecular weight is 345 g/mol. The molecule has 0 bridgehead atoms. The number of benzene rings is 1. The predicted molar refractivity (Wildman–Crippen MR) is 91.8 cm³/mol. The predicted octanol–water partition coefficient (Wildman–Crippen LogP) is 2.32. The highest BCUT2D eigenvalue weighted by atomic mass is 19.1. The molecule has 0 spiro atoms. The first-order valence-electron chi connectivity index (χ1n) is 7.96. The number of carbonyl (C=O) groups is 1. The lowest BCUT2D eigenvalue weighted by molar-refractivity contribution is -0.113. The summed E-state index contributed by atoms with van der Waals surface area (Å²) >= 11 is 0. The molecule has 3 rings (SSSR count). The molecule has 6 nitrogen and oxygen atoms in total. The standard InChI is InChI=1S/C18H20FN3O3/c1-3-25-11-7-8-14(13(19)9-11)21-18(23)12-10-22(20)15-5-4-6-16(24-2)17(12)15/h4-10,15,17H,3,20H2,1-2H3,(H,21,23). The number of nitrogens with two attached hydrogens (primary N) is 1. The Morgan fingerprint density at radius 2 is 2.24 bits per heavy atom. The minimum Gasteiger partial charge on any atom is -0.500 e. The number of amides is 1. The number of anilines is 1. The number of ether oxygens (including phenoxy) is 2. The molecule has 0 fully saturated rings. The summed E-state index contributed by atoms with van der Waals surface area (Å²) in [6.45, 7) is 2.25. The minimum absolute atomic E-state index is 0.0793. The van der Waals surface area contributed by atoms with Gasteiger partial charge in [0, 0.05) is 17.8 Å². The highest BCUT2D eigenvalue weighted by Crippen LogP contribution is 2.36. The zero-order valence-electron chi connectivity index (χ0n) is 14.0. The number of hydrogen-bond acceptors (Lipinski definition) is 5. The van der Waals surface area contributed by atoms with Gasteiger partial charge in [-0.05, 0) is 25.1 Å². The van der Waals surface area contributed by atoms with Crippen molar-refractivity contribution in [3.05, 3.63) is 59.8 Å². The average Bonchev–Trinajstić information content (AvgIpc) is 2.95. The van der Waals surface area contributed by atoms with E-state index in [-0.39, 0.29) is 17.6 Å². The minimum atomic E-state index is -0.565. The van der Waals surface area contributed by atoms with Crippen LogP contribution in [0.2, 0.25) is 0 Å². The molecule has 1 aliphatic carbocycles. The fourth-order valence-electron chi connectivity index (χ4n) is 3.03. The Labute approximate surface area is 145 Å². The number of hydrazine groups is 1. The summed E-state index contributed by atoms with van der Waals surface area (Å²) in [5.74, 6) is 5.69. The van der Waals surface area contributed by atoms with Crippen LogP contribution in [0.1, 0.15) is 6.92 Å². The van der Waals surface area contributed by atoms with E-state index < -0.39 is 11.7 Å². The van der Waals surface area contributed by atoms with Crippen molar-refractivity contribution in [2.24, 2.45) is 11.8 Å². The molecule has 1 aromatic carbocycles. The number of halogens is 1. The zero-order chi connectivity index (χ0) is 18.0. The zero-order valence-corrected chi connectivity index (χ0v) is 14.0. The number of nitrogens with one attached hydrogen (secondary N) is 1. The number of nitrogens with zero attached hydrogens (tertiary/aromatic N) is 1. The van der Waals surface area contributed by atoms with Crippen LogP contribution < -0.4 is 15.9 Å². The number of fused-ring (bicyclic) bond motifs is 1. The molecule has 132 valence electrons. The molecule has 2 aliphatic rings. The van der Waals surface area contributed by atoms with E-state index in [2.05, 4.69) is 5.32 Å². The van der Waals surface area contributed by atoms with E-state index in [1.807, 2.05) is 19.1 Å². The molecule has 7 heteroatoms.